The van der Waals surface area contributed by atoms with Gasteiger partial charge in [-0.25, -0.2) is 4.79 Å². The number of ketones is 1. The van der Waals surface area contributed by atoms with Crippen molar-refractivity contribution in [2.75, 3.05) is 6.61 Å². The van der Waals surface area contributed by atoms with Crippen LogP contribution in [0.5, 0.6) is 5.75 Å². The standard InChI is InChI=1S/C24H21NO6/c26-12-5-4-9-15-10-6-11-16-17(13-25-19(15)16)20(27)23-21(28)18(22(31-23)24(29)30)14-7-2-1-3-8-14/h1-3,6-8,10-11,13,25-26,28H,4-5,9,12H2,(H,29,30). The lowest BCUT2D eigenvalue weighted by molar-refractivity contribution is 0.0661. The molecule has 31 heavy (non-hydrogen) atoms. The molecule has 0 saturated heterocycles. The molecule has 0 spiro atoms. The maximum absolute atomic E-state index is 13.2. The SMILES string of the molecule is O=C(O)c1oc(C(=O)c2c[nH]c3c(CCCCO)cccc23)c(O)c1-c1ccccc1. The lowest BCUT2D eigenvalue weighted by Crippen LogP contribution is -2.00. The fraction of sp³-hybridized carbons (Fsp3) is 0.167. The summed E-state index contributed by atoms with van der Waals surface area (Å²) >= 11 is 0. The van der Waals surface area contributed by atoms with E-state index >= 15 is 0 Å². The molecule has 0 aliphatic heterocycles. The highest BCUT2D eigenvalue weighted by Crippen LogP contribution is 2.40. The molecule has 0 amide bonds. The number of rotatable bonds is 8. The number of aromatic carboxylic acids is 1. The summed E-state index contributed by atoms with van der Waals surface area (Å²) < 4.78 is 5.36. The van der Waals surface area contributed by atoms with Gasteiger partial charge < -0.3 is 24.7 Å². The van der Waals surface area contributed by atoms with Gasteiger partial charge in [-0.2, -0.15) is 0 Å². The molecular weight excluding hydrogens is 398 g/mol. The number of furan rings is 1. The van der Waals surface area contributed by atoms with Crippen LogP contribution in [-0.4, -0.2) is 38.7 Å². The van der Waals surface area contributed by atoms with Crippen LogP contribution in [0, 0.1) is 0 Å². The number of carboxylic acids is 1. The second-order valence-electron chi connectivity index (χ2n) is 7.21. The van der Waals surface area contributed by atoms with Crippen LogP contribution in [0.4, 0.5) is 0 Å². The van der Waals surface area contributed by atoms with E-state index in [1.807, 2.05) is 12.1 Å². The van der Waals surface area contributed by atoms with Gasteiger partial charge >= 0.3 is 5.97 Å². The average Bonchev–Trinajstić information content (AvgIpc) is 3.36. The topological polar surface area (TPSA) is 124 Å². The normalized spacial score (nSPS) is 11.1. The number of aliphatic hydroxyl groups excluding tert-OH is 1. The summed E-state index contributed by atoms with van der Waals surface area (Å²) in [5.74, 6) is -3.39. The van der Waals surface area contributed by atoms with E-state index in [1.54, 1.807) is 36.4 Å². The summed E-state index contributed by atoms with van der Waals surface area (Å²) in [6.07, 6.45) is 3.76. The van der Waals surface area contributed by atoms with Crippen molar-refractivity contribution in [3.05, 3.63) is 77.4 Å². The smallest absolute Gasteiger partial charge is 0.372 e. The first kappa shape index (κ1) is 20.4. The number of aryl methyl sites for hydroxylation is 1. The van der Waals surface area contributed by atoms with Crippen molar-refractivity contribution < 1.29 is 29.3 Å². The van der Waals surface area contributed by atoms with Crippen LogP contribution >= 0.6 is 0 Å². The molecule has 2 aromatic heterocycles. The summed E-state index contributed by atoms with van der Waals surface area (Å²) in [4.78, 5) is 28.1. The van der Waals surface area contributed by atoms with Gasteiger partial charge in [0, 0.05) is 23.7 Å². The van der Waals surface area contributed by atoms with Crippen molar-refractivity contribution in [2.24, 2.45) is 0 Å². The molecule has 7 heteroatoms. The van der Waals surface area contributed by atoms with E-state index in [0.29, 0.717) is 17.4 Å². The monoisotopic (exact) mass is 419 g/mol. The first-order valence-corrected chi connectivity index (χ1v) is 9.92. The summed E-state index contributed by atoms with van der Waals surface area (Å²) in [6.45, 7) is 0.123. The van der Waals surface area contributed by atoms with Crippen molar-refractivity contribution in [3.63, 3.8) is 0 Å². The molecule has 4 N–H and O–H groups in total. The zero-order chi connectivity index (χ0) is 22.0. The second kappa shape index (κ2) is 8.49. The lowest BCUT2D eigenvalue weighted by Gasteiger charge is -2.03. The largest absolute Gasteiger partial charge is 0.504 e. The van der Waals surface area contributed by atoms with Crippen LogP contribution in [0.3, 0.4) is 0 Å². The third-order valence-electron chi connectivity index (χ3n) is 5.25. The Morgan fingerprint density at radius 1 is 0.968 bits per heavy atom. The number of nitrogens with one attached hydrogen (secondary N) is 1. The molecule has 4 aromatic rings. The zero-order valence-electron chi connectivity index (χ0n) is 16.6. The highest BCUT2D eigenvalue weighted by molar-refractivity contribution is 6.18. The number of aromatic hydroxyl groups is 1. The predicted molar refractivity (Wildman–Crippen MR) is 115 cm³/mol. The molecule has 0 bridgehead atoms. The Morgan fingerprint density at radius 2 is 1.74 bits per heavy atom. The van der Waals surface area contributed by atoms with E-state index in [1.165, 1.54) is 6.20 Å². The third kappa shape index (κ3) is 3.71. The van der Waals surface area contributed by atoms with Crippen LogP contribution in [0.25, 0.3) is 22.0 Å². The Bertz CT molecular complexity index is 1250. The molecule has 0 unspecified atom stereocenters. The van der Waals surface area contributed by atoms with E-state index < -0.39 is 29.0 Å². The number of aliphatic hydroxyl groups is 1. The minimum Gasteiger partial charge on any atom is -0.504 e. The first-order valence-electron chi connectivity index (χ1n) is 9.92. The molecule has 0 atom stereocenters. The number of carboxylic acid groups (broad SMARTS) is 1. The molecule has 0 aliphatic rings. The average molecular weight is 419 g/mol. The van der Waals surface area contributed by atoms with Crippen molar-refractivity contribution in [1.82, 2.24) is 4.98 Å². The zero-order valence-corrected chi connectivity index (χ0v) is 16.6. The van der Waals surface area contributed by atoms with Crippen LogP contribution in [0.15, 0.2) is 59.1 Å². The van der Waals surface area contributed by atoms with Crippen molar-refractivity contribution in [2.45, 2.75) is 19.3 Å². The molecule has 7 nitrogen and oxygen atoms in total. The number of benzene rings is 2. The quantitative estimate of drug-likeness (QED) is 0.248. The number of hydrogen-bond donors (Lipinski definition) is 4. The number of carbonyl (C=O) groups excluding carboxylic acids is 1. The molecular formula is C24H21NO6. The van der Waals surface area contributed by atoms with Crippen LogP contribution in [-0.2, 0) is 6.42 Å². The Morgan fingerprint density at radius 3 is 2.45 bits per heavy atom. The van der Waals surface area contributed by atoms with Gasteiger partial charge in [0.1, 0.15) is 0 Å². The van der Waals surface area contributed by atoms with Crippen molar-refractivity contribution in [1.29, 1.82) is 0 Å². The fourth-order valence-electron chi connectivity index (χ4n) is 3.76. The van der Waals surface area contributed by atoms with Crippen molar-refractivity contribution in [3.8, 4) is 16.9 Å². The Kier molecular flexibility index (Phi) is 5.60. The van der Waals surface area contributed by atoms with E-state index in [2.05, 4.69) is 4.98 Å². The Balaban J connectivity index is 1.78. The fourth-order valence-corrected chi connectivity index (χ4v) is 3.76. The van der Waals surface area contributed by atoms with E-state index in [-0.39, 0.29) is 17.7 Å². The first-order chi connectivity index (χ1) is 15.0. The van der Waals surface area contributed by atoms with E-state index in [4.69, 9.17) is 9.52 Å². The van der Waals surface area contributed by atoms with Gasteiger partial charge in [-0.1, -0.05) is 48.5 Å². The van der Waals surface area contributed by atoms with Gasteiger partial charge in [0.2, 0.25) is 17.3 Å². The number of carbonyl (C=O) groups is 2. The number of fused-ring (bicyclic) bond motifs is 1. The number of H-pyrrole nitrogens is 1. The van der Waals surface area contributed by atoms with Crippen LogP contribution < -0.4 is 0 Å². The highest BCUT2D eigenvalue weighted by atomic mass is 16.4. The Labute approximate surface area is 177 Å². The molecule has 0 saturated carbocycles. The minimum absolute atomic E-state index is 0.0269. The molecule has 2 heterocycles. The predicted octanol–water partition coefficient (Wildman–Crippen LogP) is 4.38. The summed E-state index contributed by atoms with van der Waals surface area (Å²) in [7, 11) is 0. The van der Waals surface area contributed by atoms with Gasteiger partial charge in [0.15, 0.2) is 5.75 Å². The third-order valence-corrected chi connectivity index (χ3v) is 5.25. The van der Waals surface area contributed by atoms with Gasteiger partial charge in [-0.15, -0.1) is 0 Å². The number of hydrogen-bond acceptors (Lipinski definition) is 5. The molecule has 158 valence electrons. The maximum Gasteiger partial charge on any atom is 0.372 e. The maximum atomic E-state index is 13.2. The molecule has 0 fully saturated rings. The van der Waals surface area contributed by atoms with Gasteiger partial charge in [-0.05, 0) is 30.4 Å². The minimum atomic E-state index is -1.38. The van der Waals surface area contributed by atoms with E-state index in [0.717, 1.165) is 23.9 Å². The van der Waals surface area contributed by atoms with Crippen molar-refractivity contribution >= 4 is 22.7 Å². The number of unbranched alkanes of at least 4 members (excludes halogenated alkanes) is 1. The van der Waals surface area contributed by atoms with Crippen LogP contribution in [0.1, 0.15) is 45.1 Å². The highest BCUT2D eigenvalue weighted by Gasteiger charge is 2.31. The van der Waals surface area contributed by atoms with Gasteiger partial charge in [0.05, 0.1) is 11.1 Å². The van der Waals surface area contributed by atoms with E-state index in [9.17, 15) is 19.8 Å². The Hall–Kier alpha value is -3.84. The summed E-state index contributed by atoms with van der Waals surface area (Å²) in [5, 5.41) is 29.9. The molecule has 4 rings (SSSR count). The lowest BCUT2D eigenvalue weighted by atomic mass is 10.0. The van der Waals surface area contributed by atoms with Gasteiger partial charge in [0.25, 0.3) is 0 Å². The van der Waals surface area contributed by atoms with Gasteiger partial charge in [-0.3, -0.25) is 4.79 Å². The number of aromatic amines is 1. The molecule has 0 radical (unpaired) electrons. The summed E-state index contributed by atoms with van der Waals surface area (Å²) in [6, 6.07) is 14.0. The number of aromatic nitrogens is 1. The summed E-state index contributed by atoms with van der Waals surface area (Å²) in [5.41, 5.74) is 2.48. The second-order valence-corrected chi connectivity index (χ2v) is 7.21. The molecule has 0 aliphatic carbocycles. The molecule has 2 aromatic carbocycles. The number of para-hydroxylation sites is 1. The van der Waals surface area contributed by atoms with Crippen LogP contribution in [0.2, 0.25) is 0 Å².